The number of carbonyl (C=O) groups is 1. The Morgan fingerprint density at radius 1 is 1.29 bits per heavy atom. The molecule has 1 amide bonds. The fourth-order valence-corrected chi connectivity index (χ4v) is 2.02. The SMILES string of the molecule is O=C(O)N(c1cc2ccccc2[nH]1)C(Cl)(Cl)Cl. The van der Waals surface area contributed by atoms with E-state index in [2.05, 4.69) is 4.98 Å². The first kappa shape index (κ1) is 12.4. The Morgan fingerprint density at radius 3 is 2.47 bits per heavy atom. The lowest BCUT2D eigenvalue weighted by Crippen LogP contribution is -2.40. The molecule has 0 radical (unpaired) electrons. The fourth-order valence-electron chi connectivity index (χ4n) is 1.53. The average Bonchev–Trinajstić information content (AvgIpc) is 2.56. The minimum atomic E-state index is -2.06. The molecule has 7 heteroatoms. The lowest BCUT2D eigenvalue weighted by atomic mass is 10.2. The van der Waals surface area contributed by atoms with Crippen LogP contribution in [0, 0.1) is 0 Å². The number of halogens is 3. The van der Waals surface area contributed by atoms with Gasteiger partial charge in [0, 0.05) is 10.9 Å². The van der Waals surface area contributed by atoms with Crippen LogP contribution in [0.4, 0.5) is 10.6 Å². The third kappa shape index (κ3) is 2.44. The topological polar surface area (TPSA) is 56.3 Å². The summed E-state index contributed by atoms with van der Waals surface area (Å²) in [5, 5.41) is 9.88. The van der Waals surface area contributed by atoms with E-state index >= 15 is 0 Å². The van der Waals surface area contributed by atoms with Crippen molar-refractivity contribution in [2.75, 3.05) is 4.90 Å². The Bertz CT molecular complexity index is 529. The van der Waals surface area contributed by atoms with Crippen LogP contribution in [0.15, 0.2) is 30.3 Å². The molecule has 0 fully saturated rings. The van der Waals surface area contributed by atoms with Crippen LogP contribution < -0.4 is 4.90 Å². The standard InChI is InChI=1S/C10H7Cl3N2O2/c11-10(12,13)15(9(16)17)8-5-6-3-1-2-4-7(6)14-8/h1-5,14H,(H,16,17). The molecule has 2 aromatic rings. The minimum absolute atomic E-state index is 0.207. The molecule has 1 heterocycles. The van der Waals surface area contributed by atoms with Gasteiger partial charge in [0.15, 0.2) is 0 Å². The van der Waals surface area contributed by atoms with E-state index in [4.69, 9.17) is 39.9 Å². The number of aromatic amines is 1. The third-order valence-electron chi connectivity index (χ3n) is 2.20. The van der Waals surface area contributed by atoms with Gasteiger partial charge in [-0.25, -0.2) is 9.69 Å². The number of benzene rings is 1. The van der Waals surface area contributed by atoms with Crippen molar-refractivity contribution in [2.24, 2.45) is 0 Å². The molecule has 0 saturated heterocycles. The summed E-state index contributed by atoms with van der Waals surface area (Å²) >= 11 is 16.8. The summed E-state index contributed by atoms with van der Waals surface area (Å²) in [5.41, 5.74) is 0.767. The van der Waals surface area contributed by atoms with E-state index in [-0.39, 0.29) is 5.82 Å². The van der Waals surface area contributed by atoms with Gasteiger partial charge in [0.05, 0.1) is 0 Å². The first-order valence-corrected chi connectivity index (χ1v) is 5.70. The number of anilines is 1. The highest BCUT2D eigenvalue weighted by molar-refractivity contribution is 6.69. The molecule has 17 heavy (non-hydrogen) atoms. The second-order valence-electron chi connectivity index (χ2n) is 3.33. The van der Waals surface area contributed by atoms with Crippen LogP contribution in [0.5, 0.6) is 0 Å². The number of alkyl halides is 3. The van der Waals surface area contributed by atoms with Gasteiger partial charge in [0.2, 0.25) is 0 Å². The number of amides is 1. The Hall–Kier alpha value is -1.10. The van der Waals surface area contributed by atoms with Crippen LogP contribution in [-0.4, -0.2) is 20.1 Å². The zero-order valence-corrected chi connectivity index (χ0v) is 10.6. The molecule has 1 aromatic carbocycles. The molecular weight excluding hydrogens is 286 g/mol. The van der Waals surface area contributed by atoms with Gasteiger partial charge in [0.25, 0.3) is 3.92 Å². The maximum Gasteiger partial charge on any atom is 0.416 e. The highest BCUT2D eigenvalue weighted by atomic mass is 35.6. The Balaban J connectivity index is 2.53. The number of aromatic nitrogens is 1. The molecule has 0 aliphatic rings. The van der Waals surface area contributed by atoms with Crippen molar-refractivity contribution >= 4 is 57.6 Å². The van der Waals surface area contributed by atoms with Crippen molar-refractivity contribution in [1.29, 1.82) is 0 Å². The molecule has 0 atom stereocenters. The van der Waals surface area contributed by atoms with Crippen molar-refractivity contribution < 1.29 is 9.90 Å². The average molecular weight is 294 g/mol. The fraction of sp³-hybridized carbons (Fsp3) is 0.100. The Morgan fingerprint density at radius 2 is 1.94 bits per heavy atom. The van der Waals surface area contributed by atoms with E-state index < -0.39 is 10.0 Å². The third-order valence-corrected chi connectivity index (χ3v) is 2.71. The number of para-hydroxylation sites is 1. The summed E-state index contributed by atoms with van der Waals surface area (Å²) in [7, 11) is 0. The largest absolute Gasteiger partial charge is 0.465 e. The van der Waals surface area contributed by atoms with E-state index in [0.717, 1.165) is 10.9 Å². The van der Waals surface area contributed by atoms with Crippen LogP contribution in [0.25, 0.3) is 10.9 Å². The number of fused-ring (bicyclic) bond motifs is 1. The van der Waals surface area contributed by atoms with Gasteiger partial charge in [-0.1, -0.05) is 53.0 Å². The zero-order chi connectivity index (χ0) is 12.6. The number of nitrogens with zero attached hydrogens (tertiary/aromatic N) is 1. The highest BCUT2D eigenvalue weighted by Gasteiger charge is 2.36. The number of nitrogens with one attached hydrogen (secondary N) is 1. The summed E-state index contributed by atoms with van der Waals surface area (Å²) in [6.45, 7) is 0. The predicted molar refractivity (Wildman–Crippen MR) is 69.1 cm³/mol. The van der Waals surface area contributed by atoms with E-state index in [9.17, 15) is 4.79 Å². The van der Waals surface area contributed by atoms with Crippen LogP contribution in [0.3, 0.4) is 0 Å². The molecule has 0 saturated carbocycles. The van der Waals surface area contributed by atoms with Crippen LogP contribution in [-0.2, 0) is 0 Å². The molecule has 2 rings (SSSR count). The first-order valence-electron chi connectivity index (χ1n) is 4.57. The molecule has 2 N–H and O–H groups in total. The lowest BCUT2D eigenvalue weighted by molar-refractivity contribution is 0.201. The maximum absolute atomic E-state index is 11.1. The Labute approximate surface area is 112 Å². The van der Waals surface area contributed by atoms with Gasteiger partial charge in [-0.2, -0.15) is 0 Å². The molecular formula is C10H7Cl3N2O2. The summed E-state index contributed by atoms with van der Waals surface area (Å²) in [6.07, 6.45) is -1.35. The Kier molecular flexibility index (Phi) is 3.12. The molecule has 1 aromatic heterocycles. The predicted octanol–water partition coefficient (Wildman–Crippen LogP) is 3.98. The zero-order valence-electron chi connectivity index (χ0n) is 8.32. The smallest absolute Gasteiger partial charge is 0.416 e. The van der Waals surface area contributed by atoms with Crippen molar-refractivity contribution in [2.45, 2.75) is 3.92 Å². The van der Waals surface area contributed by atoms with Crippen molar-refractivity contribution in [1.82, 2.24) is 4.98 Å². The van der Waals surface area contributed by atoms with Crippen LogP contribution in [0.1, 0.15) is 0 Å². The van der Waals surface area contributed by atoms with E-state index in [1.54, 1.807) is 12.1 Å². The summed E-state index contributed by atoms with van der Waals surface area (Å²) in [4.78, 5) is 14.6. The molecule has 0 unspecified atom stereocenters. The van der Waals surface area contributed by atoms with Gasteiger partial charge in [-0.05, 0) is 12.1 Å². The van der Waals surface area contributed by atoms with E-state index in [1.165, 1.54) is 0 Å². The molecule has 0 spiro atoms. The van der Waals surface area contributed by atoms with Gasteiger partial charge in [-0.15, -0.1) is 0 Å². The van der Waals surface area contributed by atoms with Crippen LogP contribution >= 0.6 is 34.8 Å². The second-order valence-corrected chi connectivity index (χ2v) is 5.55. The van der Waals surface area contributed by atoms with Gasteiger partial charge in [-0.3, -0.25) is 0 Å². The minimum Gasteiger partial charge on any atom is -0.465 e. The molecule has 90 valence electrons. The summed E-state index contributed by atoms with van der Waals surface area (Å²) in [6, 6.07) is 8.89. The van der Waals surface area contributed by atoms with E-state index in [1.807, 2.05) is 18.2 Å². The van der Waals surface area contributed by atoms with Crippen molar-refractivity contribution in [3.8, 4) is 0 Å². The number of rotatable bonds is 1. The van der Waals surface area contributed by atoms with Gasteiger partial charge >= 0.3 is 6.09 Å². The van der Waals surface area contributed by atoms with Crippen molar-refractivity contribution in [3.05, 3.63) is 30.3 Å². The number of H-pyrrole nitrogens is 1. The van der Waals surface area contributed by atoms with Gasteiger partial charge in [0.1, 0.15) is 5.82 Å². The normalized spacial score (nSPS) is 11.7. The monoisotopic (exact) mass is 292 g/mol. The second kappa shape index (κ2) is 4.29. The first-order chi connectivity index (χ1) is 7.89. The summed E-state index contributed by atoms with van der Waals surface area (Å²) in [5.74, 6) is 0.207. The number of hydrogen-bond donors (Lipinski definition) is 2. The summed E-state index contributed by atoms with van der Waals surface area (Å²) < 4.78 is -2.06. The molecule has 0 aliphatic carbocycles. The quantitative estimate of drug-likeness (QED) is 0.617. The number of hydrogen-bond acceptors (Lipinski definition) is 1. The molecule has 0 aliphatic heterocycles. The maximum atomic E-state index is 11.1. The molecule has 0 bridgehead atoms. The van der Waals surface area contributed by atoms with Crippen molar-refractivity contribution in [3.63, 3.8) is 0 Å². The highest BCUT2D eigenvalue weighted by Crippen LogP contribution is 2.36. The van der Waals surface area contributed by atoms with Crippen LogP contribution in [0.2, 0.25) is 0 Å². The van der Waals surface area contributed by atoms with E-state index in [0.29, 0.717) is 4.90 Å². The number of carboxylic acid groups (broad SMARTS) is 1. The van der Waals surface area contributed by atoms with Gasteiger partial charge < -0.3 is 10.1 Å². The molecule has 4 nitrogen and oxygen atoms in total. The lowest BCUT2D eigenvalue weighted by Gasteiger charge is -2.24.